The Bertz CT molecular complexity index is 642. The summed E-state index contributed by atoms with van der Waals surface area (Å²) in [6.45, 7) is 4.60. The van der Waals surface area contributed by atoms with Crippen LogP contribution in [0.4, 0.5) is 0 Å². The Balaban J connectivity index is 1.94. The minimum atomic E-state index is -0.538. The molecule has 0 spiro atoms. The summed E-state index contributed by atoms with van der Waals surface area (Å²) in [5, 5.41) is 2.98. The van der Waals surface area contributed by atoms with E-state index in [0.717, 1.165) is 0 Å². The number of amides is 1. The van der Waals surface area contributed by atoms with Crippen molar-refractivity contribution >= 4 is 5.91 Å². The van der Waals surface area contributed by atoms with Gasteiger partial charge in [-0.3, -0.25) is 4.79 Å². The van der Waals surface area contributed by atoms with Gasteiger partial charge in [0.05, 0.1) is 7.11 Å². The van der Waals surface area contributed by atoms with Crippen molar-refractivity contribution in [3.8, 4) is 11.5 Å². The zero-order valence-electron chi connectivity index (χ0n) is 14.5. The van der Waals surface area contributed by atoms with Crippen LogP contribution in [0.5, 0.6) is 11.5 Å². The molecule has 0 aromatic heterocycles. The van der Waals surface area contributed by atoms with E-state index in [1.165, 1.54) is 5.56 Å². The molecule has 0 aliphatic carbocycles. The molecule has 0 bridgehead atoms. The van der Waals surface area contributed by atoms with Crippen molar-refractivity contribution in [1.82, 2.24) is 5.32 Å². The van der Waals surface area contributed by atoms with Crippen molar-refractivity contribution in [1.29, 1.82) is 0 Å². The lowest BCUT2D eigenvalue weighted by Crippen LogP contribution is -2.39. The van der Waals surface area contributed by atoms with Crippen LogP contribution in [-0.4, -0.2) is 25.7 Å². The number of hydrogen-bond donors (Lipinski definition) is 1. The number of rotatable bonds is 8. The Morgan fingerprint density at radius 2 is 1.67 bits per heavy atom. The van der Waals surface area contributed by atoms with Gasteiger partial charge < -0.3 is 14.8 Å². The van der Waals surface area contributed by atoms with Crippen molar-refractivity contribution in [3.05, 3.63) is 60.2 Å². The van der Waals surface area contributed by atoms with Gasteiger partial charge in [0.15, 0.2) is 17.6 Å². The lowest BCUT2D eigenvalue weighted by Gasteiger charge is -2.20. The van der Waals surface area contributed by atoms with E-state index in [0.29, 0.717) is 24.5 Å². The Kier molecular flexibility index (Phi) is 6.67. The van der Waals surface area contributed by atoms with Gasteiger partial charge in [0, 0.05) is 6.54 Å². The van der Waals surface area contributed by atoms with Crippen LogP contribution < -0.4 is 14.8 Å². The molecule has 0 saturated heterocycles. The molecular formula is C20H25NO3. The second-order valence-electron chi connectivity index (χ2n) is 5.72. The molecule has 0 fully saturated rings. The number of para-hydroxylation sites is 2. The molecule has 0 radical (unpaired) electrons. The van der Waals surface area contributed by atoms with Gasteiger partial charge in [-0.2, -0.15) is 0 Å². The Hall–Kier alpha value is -2.49. The van der Waals surface area contributed by atoms with E-state index in [-0.39, 0.29) is 11.8 Å². The monoisotopic (exact) mass is 327 g/mol. The molecular weight excluding hydrogens is 302 g/mol. The predicted molar refractivity (Wildman–Crippen MR) is 95.6 cm³/mol. The quantitative estimate of drug-likeness (QED) is 0.803. The number of nitrogens with one attached hydrogen (secondary N) is 1. The summed E-state index contributed by atoms with van der Waals surface area (Å²) < 4.78 is 11.1. The van der Waals surface area contributed by atoms with E-state index >= 15 is 0 Å². The fraction of sp³-hybridized carbons (Fsp3) is 0.350. The zero-order chi connectivity index (χ0) is 17.4. The highest BCUT2D eigenvalue weighted by Crippen LogP contribution is 2.27. The number of benzene rings is 2. The molecule has 0 aliphatic rings. The Morgan fingerprint density at radius 1 is 1.04 bits per heavy atom. The lowest BCUT2D eigenvalue weighted by atomic mass is 10.0. The molecule has 2 atom stereocenters. The summed E-state index contributed by atoms with van der Waals surface area (Å²) in [7, 11) is 1.59. The maximum absolute atomic E-state index is 12.4. The minimum absolute atomic E-state index is 0.105. The number of carbonyl (C=O) groups is 1. The first kappa shape index (κ1) is 17.9. The second kappa shape index (κ2) is 8.96. The number of ether oxygens (including phenoxy) is 2. The van der Waals surface area contributed by atoms with Crippen LogP contribution in [-0.2, 0) is 4.79 Å². The number of carbonyl (C=O) groups excluding carboxylic acids is 1. The Morgan fingerprint density at radius 3 is 2.29 bits per heavy atom. The SMILES string of the molecule is CC[C@H](Oc1ccccc1OC)C(=O)NC[C@H](C)c1ccccc1. The van der Waals surface area contributed by atoms with Gasteiger partial charge in [-0.1, -0.05) is 56.3 Å². The van der Waals surface area contributed by atoms with Crippen molar-refractivity contribution in [2.24, 2.45) is 0 Å². The summed E-state index contributed by atoms with van der Waals surface area (Å²) in [6, 6.07) is 17.5. The second-order valence-corrected chi connectivity index (χ2v) is 5.72. The molecule has 0 saturated carbocycles. The van der Waals surface area contributed by atoms with Crippen LogP contribution in [0.15, 0.2) is 54.6 Å². The molecule has 24 heavy (non-hydrogen) atoms. The van der Waals surface area contributed by atoms with Gasteiger partial charge >= 0.3 is 0 Å². The fourth-order valence-corrected chi connectivity index (χ4v) is 2.46. The lowest BCUT2D eigenvalue weighted by molar-refractivity contribution is -0.128. The molecule has 4 nitrogen and oxygen atoms in total. The van der Waals surface area contributed by atoms with Crippen LogP contribution >= 0.6 is 0 Å². The average molecular weight is 327 g/mol. The highest BCUT2D eigenvalue weighted by atomic mass is 16.5. The van der Waals surface area contributed by atoms with Gasteiger partial charge in [-0.05, 0) is 30.0 Å². The topological polar surface area (TPSA) is 47.6 Å². The van der Waals surface area contributed by atoms with Crippen LogP contribution in [0.2, 0.25) is 0 Å². The van der Waals surface area contributed by atoms with E-state index in [4.69, 9.17) is 9.47 Å². The maximum atomic E-state index is 12.4. The predicted octanol–water partition coefficient (Wildman–Crippen LogP) is 3.77. The summed E-state index contributed by atoms with van der Waals surface area (Å²) in [5.74, 6) is 1.35. The molecule has 0 heterocycles. The van der Waals surface area contributed by atoms with Gasteiger partial charge in [0.2, 0.25) is 0 Å². The summed E-state index contributed by atoms with van der Waals surface area (Å²) in [6.07, 6.45) is 0.0492. The van der Waals surface area contributed by atoms with E-state index in [9.17, 15) is 4.79 Å². The number of methoxy groups -OCH3 is 1. The normalized spacial score (nSPS) is 13.0. The third-order valence-corrected chi connectivity index (χ3v) is 3.95. The highest BCUT2D eigenvalue weighted by molar-refractivity contribution is 5.81. The van der Waals surface area contributed by atoms with E-state index < -0.39 is 6.10 Å². The minimum Gasteiger partial charge on any atom is -0.493 e. The van der Waals surface area contributed by atoms with Crippen LogP contribution in [0.1, 0.15) is 31.7 Å². The standard InChI is InChI=1S/C20H25NO3/c1-4-17(24-19-13-9-8-12-18(19)23-3)20(22)21-14-15(2)16-10-6-5-7-11-16/h5-13,15,17H,4,14H2,1-3H3,(H,21,22)/t15-,17-/m0/s1. The van der Waals surface area contributed by atoms with Crippen LogP contribution in [0, 0.1) is 0 Å². The van der Waals surface area contributed by atoms with E-state index in [1.807, 2.05) is 43.3 Å². The molecule has 1 amide bonds. The zero-order valence-corrected chi connectivity index (χ0v) is 14.5. The molecule has 2 aromatic carbocycles. The van der Waals surface area contributed by atoms with Crippen molar-refractivity contribution < 1.29 is 14.3 Å². The van der Waals surface area contributed by atoms with Crippen molar-refractivity contribution in [2.75, 3.05) is 13.7 Å². The van der Waals surface area contributed by atoms with Gasteiger partial charge in [0.1, 0.15) is 0 Å². The van der Waals surface area contributed by atoms with Gasteiger partial charge in [0.25, 0.3) is 5.91 Å². The third kappa shape index (κ3) is 4.75. The molecule has 2 aromatic rings. The molecule has 2 rings (SSSR count). The van der Waals surface area contributed by atoms with Crippen LogP contribution in [0.3, 0.4) is 0 Å². The van der Waals surface area contributed by atoms with E-state index in [1.54, 1.807) is 13.2 Å². The molecule has 1 N–H and O–H groups in total. The molecule has 4 heteroatoms. The van der Waals surface area contributed by atoms with Gasteiger partial charge in [-0.25, -0.2) is 0 Å². The summed E-state index contributed by atoms with van der Waals surface area (Å²) in [5.41, 5.74) is 1.21. The van der Waals surface area contributed by atoms with Crippen LogP contribution in [0.25, 0.3) is 0 Å². The smallest absolute Gasteiger partial charge is 0.261 e. The van der Waals surface area contributed by atoms with Crippen molar-refractivity contribution in [2.45, 2.75) is 32.3 Å². The third-order valence-electron chi connectivity index (χ3n) is 3.95. The van der Waals surface area contributed by atoms with E-state index in [2.05, 4.69) is 24.4 Å². The highest BCUT2D eigenvalue weighted by Gasteiger charge is 2.20. The largest absolute Gasteiger partial charge is 0.493 e. The molecule has 128 valence electrons. The first-order valence-electron chi connectivity index (χ1n) is 8.28. The van der Waals surface area contributed by atoms with Crippen molar-refractivity contribution in [3.63, 3.8) is 0 Å². The molecule has 0 aliphatic heterocycles. The summed E-state index contributed by atoms with van der Waals surface area (Å²) >= 11 is 0. The molecule has 0 unspecified atom stereocenters. The fourth-order valence-electron chi connectivity index (χ4n) is 2.46. The number of hydrogen-bond acceptors (Lipinski definition) is 3. The first-order valence-corrected chi connectivity index (χ1v) is 8.28. The summed E-state index contributed by atoms with van der Waals surface area (Å²) in [4.78, 5) is 12.4. The van der Waals surface area contributed by atoms with Gasteiger partial charge in [-0.15, -0.1) is 0 Å². The Labute approximate surface area is 143 Å². The average Bonchev–Trinajstić information content (AvgIpc) is 2.64. The maximum Gasteiger partial charge on any atom is 0.261 e. The first-order chi connectivity index (χ1) is 11.7.